The van der Waals surface area contributed by atoms with Gasteiger partial charge in [-0.05, 0) is 31.7 Å². The highest BCUT2D eigenvalue weighted by atomic mass is 35.5. The second-order valence-corrected chi connectivity index (χ2v) is 6.40. The number of carbonyl (C=O) groups is 1. The average Bonchev–Trinajstić information content (AvgIpc) is 3.19. The maximum absolute atomic E-state index is 12.0. The summed E-state index contributed by atoms with van der Waals surface area (Å²) in [6, 6.07) is 7.30. The van der Waals surface area contributed by atoms with Crippen molar-refractivity contribution in [2.75, 3.05) is 0 Å². The van der Waals surface area contributed by atoms with Gasteiger partial charge in [-0.2, -0.15) is 10.1 Å². The zero-order valence-corrected chi connectivity index (χ0v) is 14.0. The molecule has 1 amide bonds. The van der Waals surface area contributed by atoms with E-state index >= 15 is 0 Å². The Labute approximate surface area is 144 Å². The minimum absolute atomic E-state index is 0.209. The van der Waals surface area contributed by atoms with E-state index in [9.17, 15) is 4.79 Å². The Morgan fingerprint density at radius 2 is 2.12 bits per heavy atom. The quantitative estimate of drug-likeness (QED) is 0.909. The highest BCUT2D eigenvalue weighted by Crippen LogP contribution is 2.35. The monoisotopic (exact) mass is 344 g/mol. The molecule has 1 N–H and O–H groups in total. The SMILES string of the molecule is CC(=O)N1N=C(c2n[nH]c3c2CCCC3)O[C@@H]1c1ccccc1Cl. The smallest absolute Gasteiger partial charge is 0.262 e. The van der Waals surface area contributed by atoms with Crippen molar-refractivity contribution in [1.29, 1.82) is 0 Å². The molecule has 124 valence electrons. The Morgan fingerprint density at radius 1 is 1.33 bits per heavy atom. The molecule has 1 aliphatic carbocycles. The molecule has 1 aromatic heterocycles. The van der Waals surface area contributed by atoms with Gasteiger partial charge in [0, 0.05) is 28.8 Å². The van der Waals surface area contributed by atoms with Crippen molar-refractivity contribution in [1.82, 2.24) is 15.2 Å². The fourth-order valence-electron chi connectivity index (χ4n) is 3.20. The Kier molecular flexibility index (Phi) is 3.76. The standard InChI is InChI=1S/C17H17ClN4O2/c1-10(23)22-17(11-6-2-4-8-13(11)18)24-16(21-22)15-12-7-3-5-9-14(12)19-20-15/h2,4,6,8,17H,3,5,7,9H2,1H3,(H,19,20)/t17-/m1/s1. The summed E-state index contributed by atoms with van der Waals surface area (Å²) in [5, 5.41) is 13.7. The van der Waals surface area contributed by atoms with Gasteiger partial charge in [0.15, 0.2) is 5.69 Å². The van der Waals surface area contributed by atoms with E-state index in [0.717, 1.165) is 36.9 Å². The molecule has 0 radical (unpaired) electrons. The third kappa shape index (κ3) is 2.47. The predicted octanol–water partition coefficient (Wildman–Crippen LogP) is 3.18. The second kappa shape index (κ2) is 5.94. The van der Waals surface area contributed by atoms with Gasteiger partial charge in [-0.15, -0.1) is 5.10 Å². The number of H-pyrrole nitrogens is 1. The van der Waals surface area contributed by atoms with Crippen LogP contribution in [0.15, 0.2) is 29.4 Å². The number of hydrazone groups is 1. The summed E-state index contributed by atoms with van der Waals surface area (Å²) in [6.45, 7) is 1.46. The van der Waals surface area contributed by atoms with Gasteiger partial charge in [0.2, 0.25) is 12.1 Å². The normalized spacial score (nSPS) is 19.7. The lowest BCUT2D eigenvalue weighted by molar-refractivity contribution is -0.135. The van der Waals surface area contributed by atoms with Crippen molar-refractivity contribution in [3.63, 3.8) is 0 Å². The molecular formula is C17H17ClN4O2. The van der Waals surface area contributed by atoms with Crippen LogP contribution in [0.4, 0.5) is 0 Å². The number of aromatic amines is 1. The van der Waals surface area contributed by atoms with E-state index in [1.165, 1.54) is 11.9 Å². The van der Waals surface area contributed by atoms with Crippen LogP contribution in [-0.4, -0.2) is 27.0 Å². The van der Waals surface area contributed by atoms with Crippen molar-refractivity contribution >= 4 is 23.4 Å². The fourth-order valence-corrected chi connectivity index (χ4v) is 3.43. The van der Waals surface area contributed by atoms with Gasteiger partial charge < -0.3 is 4.74 Å². The number of fused-ring (bicyclic) bond motifs is 1. The van der Waals surface area contributed by atoms with E-state index in [4.69, 9.17) is 16.3 Å². The molecule has 0 saturated carbocycles. The number of nitrogens with one attached hydrogen (secondary N) is 1. The van der Waals surface area contributed by atoms with E-state index in [1.54, 1.807) is 6.07 Å². The molecule has 2 heterocycles. The molecule has 2 aliphatic rings. The minimum atomic E-state index is -0.665. The molecule has 7 heteroatoms. The number of rotatable bonds is 2. The van der Waals surface area contributed by atoms with E-state index in [1.807, 2.05) is 18.2 Å². The molecule has 0 bridgehead atoms. The summed E-state index contributed by atoms with van der Waals surface area (Å²) in [6.07, 6.45) is 3.54. The van der Waals surface area contributed by atoms with E-state index in [-0.39, 0.29) is 5.91 Å². The summed E-state index contributed by atoms with van der Waals surface area (Å²) in [5.41, 5.74) is 3.68. The van der Waals surface area contributed by atoms with Crippen molar-refractivity contribution < 1.29 is 9.53 Å². The molecule has 0 saturated heterocycles. The van der Waals surface area contributed by atoms with E-state index < -0.39 is 6.23 Å². The molecule has 0 spiro atoms. The van der Waals surface area contributed by atoms with Crippen LogP contribution < -0.4 is 0 Å². The van der Waals surface area contributed by atoms with E-state index in [0.29, 0.717) is 22.2 Å². The van der Waals surface area contributed by atoms with Crippen LogP contribution in [0.3, 0.4) is 0 Å². The highest BCUT2D eigenvalue weighted by Gasteiger charge is 2.36. The second-order valence-electron chi connectivity index (χ2n) is 6.00. The van der Waals surface area contributed by atoms with E-state index in [2.05, 4.69) is 15.3 Å². The Bertz CT molecular complexity index is 830. The van der Waals surface area contributed by atoms with Crippen LogP contribution in [-0.2, 0) is 22.4 Å². The third-order valence-electron chi connectivity index (χ3n) is 4.40. The number of benzene rings is 1. The molecular weight excluding hydrogens is 328 g/mol. The first-order valence-corrected chi connectivity index (χ1v) is 8.39. The van der Waals surface area contributed by atoms with Gasteiger partial charge >= 0.3 is 0 Å². The van der Waals surface area contributed by atoms with Gasteiger partial charge in [-0.1, -0.05) is 29.8 Å². The van der Waals surface area contributed by atoms with Gasteiger partial charge in [-0.3, -0.25) is 9.89 Å². The zero-order chi connectivity index (χ0) is 16.7. The molecule has 1 aromatic carbocycles. The van der Waals surface area contributed by atoms with Crippen molar-refractivity contribution in [3.05, 3.63) is 51.8 Å². The lowest BCUT2D eigenvalue weighted by atomic mass is 9.96. The van der Waals surface area contributed by atoms with Crippen LogP contribution in [0, 0.1) is 0 Å². The first kappa shape index (κ1) is 15.2. The maximum atomic E-state index is 12.0. The number of hydrogen-bond donors (Lipinski definition) is 1. The third-order valence-corrected chi connectivity index (χ3v) is 4.74. The number of aryl methyl sites for hydroxylation is 1. The number of amides is 1. The molecule has 1 aliphatic heterocycles. The number of halogens is 1. The van der Waals surface area contributed by atoms with Gasteiger partial charge in [0.1, 0.15) is 0 Å². The molecule has 6 nitrogen and oxygen atoms in total. The maximum Gasteiger partial charge on any atom is 0.262 e. The van der Waals surface area contributed by atoms with Crippen LogP contribution in [0.1, 0.15) is 48.5 Å². The van der Waals surface area contributed by atoms with Gasteiger partial charge in [-0.25, -0.2) is 0 Å². The van der Waals surface area contributed by atoms with Crippen LogP contribution in [0.2, 0.25) is 5.02 Å². The lowest BCUT2D eigenvalue weighted by Crippen LogP contribution is -2.25. The minimum Gasteiger partial charge on any atom is -0.444 e. The molecule has 24 heavy (non-hydrogen) atoms. The van der Waals surface area contributed by atoms with Crippen LogP contribution in [0.25, 0.3) is 0 Å². The summed E-state index contributed by atoms with van der Waals surface area (Å²) in [7, 11) is 0. The first-order chi connectivity index (χ1) is 11.6. The number of carbonyl (C=O) groups excluding carboxylic acids is 1. The fraction of sp³-hybridized carbons (Fsp3) is 0.353. The molecule has 1 atom stereocenters. The average molecular weight is 345 g/mol. The molecule has 2 aromatic rings. The molecule has 0 unspecified atom stereocenters. The van der Waals surface area contributed by atoms with Gasteiger partial charge in [0.25, 0.3) is 5.90 Å². The highest BCUT2D eigenvalue weighted by molar-refractivity contribution is 6.31. The number of nitrogens with zero attached hydrogens (tertiary/aromatic N) is 3. The lowest BCUT2D eigenvalue weighted by Gasteiger charge is -2.20. The summed E-state index contributed by atoms with van der Waals surface area (Å²) >= 11 is 6.27. The summed E-state index contributed by atoms with van der Waals surface area (Å²) < 4.78 is 6.00. The Balaban J connectivity index is 1.71. The zero-order valence-electron chi connectivity index (χ0n) is 13.3. The largest absolute Gasteiger partial charge is 0.444 e. The predicted molar refractivity (Wildman–Crippen MR) is 89.6 cm³/mol. The number of hydrogen-bond acceptors (Lipinski definition) is 4. The van der Waals surface area contributed by atoms with Crippen molar-refractivity contribution in [3.8, 4) is 0 Å². The number of aromatic nitrogens is 2. The van der Waals surface area contributed by atoms with Crippen molar-refractivity contribution in [2.45, 2.75) is 38.8 Å². The summed E-state index contributed by atoms with van der Waals surface area (Å²) in [5.74, 6) is 0.161. The molecule has 4 rings (SSSR count). The summed E-state index contributed by atoms with van der Waals surface area (Å²) in [4.78, 5) is 12.0. The van der Waals surface area contributed by atoms with Crippen LogP contribution >= 0.6 is 11.6 Å². The van der Waals surface area contributed by atoms with Gasteiger partial charge in [0.05, 0.1) is 0 Å². The Morgan fingerprint density at radius 3 is 2.92 bits per heavy atom. The van der Waals surface area contributed by atoms with Crippen molar-refractivity contribution in [2.24, 2.45) is 5.10 Å². The Hall–Kier alpha value is -2.34. The number of ether oxygens (including phenoxy) is 1. The topological polar surface area (TPSA) is 70.6 Å². The molecule has 0 fully saturated rings. The first-order valence-electron chi connectivity index (χ1n) is 8.01. The van der Waals surface area contributed by atoms with Crippen LogP contribution in [0.5, 0.6) is 0 Å².